The molecule has 0 aromatic carbocycles. The fourth-order valence-corrected chi connectivity index (χ4v) is 7.08. The Balaban J connectivity index is 0. The first-order chi connectivity index (χ1) is 28.5. The van der Waals surface area contributed by atoms with Crippen molar-refractivity contribution in [2.24, 2.45) is 47.3 Å². The predicted molar refractivity (Wildman–Crippen MR) is 261 cm³/mol. The summed E-state index contributed by atoms with van der Waals surface area (Å²) in [5.74, 6) is 0.620. The Morgan fingerprint density at radius 2 is 0.790 bits per heavy atom. The predicted octanol–water partition coefficient (Wildman–Crippen LogP) is 8.46. The van der Waals surface area contributed by atoms with E-state index in [1.165, 1.54) is 0 Å². The summed E-state index contributed by atoms with van der Waals surface area (Å²) in [6.07, 6.45) is 7.80. The van der Waals surface area contributed by atoms with Crippen LogP contribution in [-0.4, -0.2) is 138 Å². The van der Waals surface area contributed by atoms with Crippen molar-refractivity contribution in [3.8, 4) is 0 Å². The number of ether oxygens (including phenoxy) is 2. The molecular formula is C46H94N4O10P2. The van der Waals surface area contributed by atoms with Gasteiger partial charge in [0.05, 0.1) is 26.4 Å². The molecule has 4 unspecified atom stereocenters. The summed E-state index contributed by atoms with van der Waals surface area (Å²) in [6.45, 7) is 42.5. The minimum absolute atomic E-state index is 0.00390. The highest BCUT2D eigenvalue weighted by atomic mass is 31.2. The van der Waals surface area contributed by atoms with Crippen molar-refractivity contribution >= 4 is 51.0 Å². The van der Waals surface area contributed by atoms with Crippen LogP contribution in [-0.2, 0) is 46.7 Å². The van der Waals surface area contributed by atoms with E-state index in [0.717, 1.165) is 13.1 Å². The van der Waals surface area contributed by atoms with Crippen LogP contribution in [0.5, 0.6) is 0 Å². The Bertz CT molecular complexity index is 1260. The van der Waals surface area contributed by atoms with Crippen molar-refractivity contribution in [1.29, 1.82) is 0 Å². The molecular weight excluding hydrogens is 830 g/mol. The molecule has 0 radical (unpaired) electrons. The number of esters is 2. The Morgan fingerprint density at radius 1 is 0.484 bits per heavy atom. The second kappa shape index (κ2) is 32.8. The van der Waals surface area contributed by atoms with Crippen molar-refractivity contribution in [1.82, 2.24) is 20.4 Å². The first-order valence-electron chi connectivity index (χ1n) is 22.8. The lowest BCUT2D eigenvalue weighted by atomic mass is 9.98. The van der Waals surface area contributed by atoms with Gasteiger partial charge in [-0.1, -0.05) is 95.7 Å². The van der Waals surface area contributed by atoms with Gasteiger partial charge in [-0.05, 0) is 63.2 Å². The van der Waals surface area contributed by atoms with E-state index in [2.05, 4.69) is 116 Å². The number of hydrogen-bond donors (Lipinski definition) is 2. The fourth-order valence-electron chi connectivity index (χ4n) is 5.13. The number of nitrogens with zero attached hydrogens (tertiary/aromatic N) is 2. The highest BCUT2D eigenvalue weighted by Gasteiger charge is 2.24. The molecule has 0 aliphatic carbocycles. The van der Waals surface area contributed by atoms with Gasteiger partial charge in [0.2, 0.25) is 11.8 Å². The van der Waals surface area contributed by atoms with Crippen molar-refractivity contribution in [3.05, 3.63) is 0 Å². The molecule has 0 saturated heterocycles. The molecule has 62 heavy (non-hydrogen) atoms. The first-order valence-corrected chi connectivity index (χ1v) is 27.3. The molecule has 0 bridgehead atoms. The molecule has 14 nitrogen and oxygen atoms in total. The molecule has 0 spiro atoms. The maximum atomic E-state index is 12.0. The molecule has 4 atom stereocenters. The average Bonchev–Trinajstić information content (AvgIpc) is 3.12. The monoisotopic (exact) mass is 925 g/mol. The van der Waals surface area contributed by atoms with Crippen molar-refractivity contribution < 1.29 is 46.7 Å². The fraction of sp³-hybridized carbons (Fsp3) is 0.870. The van der Waals surface area contributed by atoms with Gasteiger partial charge in [-0.15, -0.1) is 0 Å². The summed E-state index contributed by atoms with van der Waals surface area (Å²) in [4.78, 5) is 52.1. The zero-order chi connectivity index (χ0) is 48.4. The van der Waals surface area contributed by atoms with E-state index in [1.807, 2.05) is 41.0 Å². The van der Waals surface area contributed by atoms with Crippen LogP contribution in [0, 0.1) is 47.3 Å². The van der Waals surface area contributed by atoms with E-state index >= 15 is 0 Å². The lowest BCUT2D eigenvalue weighted by molar-refractivity contribution is -0.150. The molecule has 368 valence electrons. The molecule has 0 aromatic rings. The van der Waals surface area contributed by atoms with Crippen LogP contribution in [0.2, 0.25) is 0 Å². The van der Waals surface area contributed by atoms with Crippen molar-refractivity contribution in [3.63, 3.8) is 0 Å². The first kappa shape index (κ1) is 62.3. The third-order valence-corrected chi connectivity index (χ3v) is 12.3. The second-order valence-electron chi connectivity index (χ2n) is 19.8. The maximum Gasteiger partial charge on any atom is 0.315 e. The van der Waals surface area contributed by atoms with Crippen LogP contribution in [0.1, 0.15) is 124 Å². The minimum atomic E-state index is -2.26. The summed E-state index contributed by atoms with van der Waals surface area (Å²) in [7, 11) is -4.52. The standard InChI is InChI=1S/2C23H47N2O5P/c2*1-17(2)12-24-22(26)11-23(27)28-14-21(19(5)6)15-29-31(9,10)30-16-25(20(7)8)13-18(3)4/h2*17-21H,9,11-16H2,1-8,10H3,(H,24,26). The van der Waals surface area contributed by atoms with Crippen LogP contribution in [0.25, 0.3) is 0 Å². The third kappa shape index (κ3) is 34.6. The zero-order valence-electron chi connectivity index (χ0n) is 42.5. The van der Waals surface area contributed by atoms with Gasteiger partial charge in [-0.25, -0.2) is 0 Å². The second-order valence-corrected chi connectivity index (χ2v) is 24.9. The Morgan fingerprint density at radius 3 is 1.03 bits per heavy atom. The molecule has 0 rings (SSSR count). The molecule has 0 aliphatic heterocycles. The van der Waals surface area contributed by atoms with Crippen LogP contribution in [0.15, 0.2) is 0 Å². The van der Waals surface area contributed by atoms with Crippen LogP contribution >= 0.6 is 14.7 Å². The molecule has 16 heteroatoms. The molecule has 0 aliphatic rings. The van der Waals surface area contributed by atoms with Crippen LogP contribution in [0.3, 0.4) is 0 Å². The van der Waals surface area contributed by atoms with E-state index in [9.17, 15) is 19.2 Å². The number of carbonyl (C=O) groups excluding carboxylic acids is 4. The minimum Gasteiger partial charge on any atom is -0.465 e. The molecule has 0 heterocycles. The van der Waals surface area contributed by atoms with Gasteiger partial charge in [0.15, 0.2) is 0 Å². The molecule has 0 aromatic heterocycles. The molecule has 2 amide bonds. The van der Waals surface area contributed by atoms with Crippen LogP contribution in [0.4, 0.5) is 0 Å². The highest BCUT2D eigenvalue weighted by Crippen LogP contribution is 2.45. The lowest BCUT2D eigenvalue weighted by Gasteiger charge is -2.31. The molecule has 0 fully saturated rings. The van der Waals surface area contributed by atoms with E-state index in [4.69, 9.17) is 27.6 Å². The summed E-state index contributed by atoms with van der Waals surface area (Å²) < 4.78 is 34.9. The van der Waals surface area contributed by atoms with Gasteiger partial charge < -0.3 is 38.2 Å². The highest BCUT2D eigenvalue weighted by molar-refractivity contribution is 7.64. The zero-order valence-corrected chi connectivity index (χ0v) is 44.3. The normalized spacial score (nSPS) is 15.0. The lowest BCUT2D eigenvalue weighted by Crippen LogP contribution is -2.35. The van der Waals surface area contributed by atoms with Crippen molar-refractivity contribution in [2.45, 2.75) is 136 Å². The van der Waals surface area contributed by atoms with Gasteiger partial charge in [0.1, 0.15) is 41.0 Å². The average molecular weight is 925 g/mol. The maximum absolute atomic E-state index is 12.0. The van der Waals surface area contributed by atoms with Gasteiger partial charge in [0.25, 0.3) is 0 Å². The number of carbonyl (C=O) groups is 4. The largest absolute Gasteiger partial charge is 0.465 e. The number of amides is 2. The Labute approximate surface area is 379 Å². The van der Waals surface area contributed by atoms with E-state index in [-0.39, 0.29) is 61.5 Å². The summed E-state index contributed by atoms with van der Waals surface area (Å²) in [6, 6.07) is 0.755. The number of rotatable bonds is 32. The number of hydrogen-bond acceptors (Lipinski definition) is 12. The van der Waals surface area contributed by atoms with Gasteiger partial charge in [-0.3, -0.25) is 29.0 Å². The number of nitrogens with one attached hydrogen (secondary N) is 2. The van der Waals surface area contributed by atoms with E-state index in [1.54, 1.807) is 0 Å². The topological polar surface area (TPSA) is 154 Å². The van der Waals surface area contributed by atoms with E-state index in [0.29, 0.717) is 75.5 Å². The van der Waals surface area contributed by atoms with Gasteiger partial charge in [0, 0.05) is 63.4 Å². The summed E-state index contributed by atoms with van der Waals surface area (Å²) in [5.41, 5.74) is 0. The van der Waals surface area contributed by atoms with Gasteiger partial charge >= 0.3 is 11.9 Å². The van der Waals surface area contributed by atoms with Crippen LogP contribution < -0.4 is 10.6 Å². The van der Waals surface area contributed by atoms with Crippen molar-refractivity contribution in [2.75, 3.05) is 79.4 Å². The van der Waals surface area contributed by atoms with E-state index < -0.39 is 26.6 Å². The molecule has 0 saturated carbocycles. The quantitative estimate of drug-likeness (QED) is 0.0288. The SMILES string of the molecule is C=P(C)(OCC(COC(=O)CC(=O)NCC(C)C)C(C)C)OCN(CC(C)C)C(C)C.C=P(C)(OCC(COC(=O)CC(=O)NCC(C)C)C(C)C)OCN(CC(C)C)C(C)C. The smallest absolute Gasteiger partial charge is 0.315 e. The third-order valence-electron chi connectivity index (χ3n) is 9.60. The Hall–Kier alpha value is -1.76. The summed E-state index contributed by atoms with van der Waals surface area (Å²) >= 11 is 0. The van der Waals surface area contributed by atoms with Gasteiger partial charge in [-0.2, -0.15) is 0 Å². The Kier molecular flexibility index (Phi) is 33.0. The summed E-state index contributed by atoms with van der Waals surface area (Å²) in [5, 5.41) is 5.44. The molecule has 2 N–H and O–H groups in total.